The number of rotatable bonds is 3. The van der Waals surface area contributed by atoms with E-state index in [0.717, 1.165) is 5.92 Å². The standard InChI is InChI=1S/C19H34N2S/c1-18(2,3)16-20-21-17(22-16)19(4,5)14-15-12-10-8-6-7-9-11-13-15/h15H,6-14H2,1-5H3. The Labute approximate surface area is 141 Å². The predicted molar refractivity (Wildman–Crippen MR) is 96.7 cm³/mol. The monoisotopic (exact) mass is 322 g/mol. The van der Waals surface area contributed by atoms with Crippen molar-refractivity contribution in [2.75, 3.05) is 0 Å². The van der Waals surface area contributed by atoms with Crippen molar-refractivity contribution in [3.05, 3.63) is 10.0 Å². The third kappa shape index (κ3) is 5.04. The molecule has 0 bridgehead atoms. The van der Waals surface area contributed by atoms with Gasteiger partial charge in [-0.1, -0.05) is 86.0 Å². The maximum absolute atomic E-state index is 4.55. The maximum atomic E-state index is 4.55. The maximum Gasteiger partial charge on any atom is 0.123 e. The molecule has 1 aliphatic carbocycles. The van der Waals surface area contributed by atoms with Gasteiger partial charge in [0.2, 0.25) is 0 Å². The minimum Gasteiger partial charge on any atom is -0.143 e. The summed E-state index contributed by atoms with van der Waals surface area (Å²) in [5, 5.41) is 11.4. The summed E-state index contributed by atoms with van der Waals surface area (Å²) >= 11 is 1.83. The highest BCUT2D eigenvalue weighted by Crippen LogP contribution is 2.38. The fourth-order valence-corrected chi connectivity index (χ4v) is 4.54. The highest BCUT2D eigenvalue weighted by molar-refractivity contribution is 7.11. The van der Waals surface area contributed by atoms with Crippen LogP contribution >= 0.6 is 11.3 Å². The molecule has 1 aromatic heterocycles. The third-order valence-electron chi connectivity index (χ3n) is 4.92. The molecule has 22 heavy (non-hydrogen) atoms. The Bertz CT molecular complexity index is 446. The van der Waals surface area contributed by atoms with E-state index in [1.54, 1.807) is 0 Å². The number of hydrogen-bond acceptors (Lipinski definition) is 3. The molecule has 1 aliphatic rings. The Morgan fingerprint density at radius 3 is 1.82 bits per heavy atom. The van der Waals surface area contributed by atoms with Crippen LogP contribution in [0.15, 0.2) is 0 Å². The predicted octanol–water partition coefficient (Wildman–Crippen LogP) is 6.25. The zero-order chi connectivity index (χ0) is 16.2. The lowest BCUT2D eigenvalue weighted by Gasteiger charge is -2.27. The van der Waals surface area contributed by atoms with Crippen LogP contribution in [0.1, 0.15) is 102 Å². The van der Waals surface area contributed by atoms with Gasteiger partial charge in [0.05, 0.1) is 0 Å². The second-order valence-corrected chi connectivity index (χ2v) is 9.79. The van der Waals surface area contributed by atoms with Gasteiger partial charge in [0.1, 0.15) is 10.0 Å². The third-order valence-corrected chi connectivity index (χ3v) is 6.63. The summed E-state index contributed by atoms with van der Waals surface area (Å²) < 4.78 is 0. The average Bonchev–Trinajstić information content (AvgIpc) is 2.92. The van der Waals surface area contributed by atoms with Gasteiger partial charge in [-0.2, -0.15) is 0 Å². The topological polar surface area (TPSA) is 25.8 Å². The first-order valence-electron chi connectivity index (χ1n) is 9.13. The molecule has 1 heterocycles. The Kier molecular flexibility index (Phi) is 6.04. The molecule has 3 heteroatoms. The summed E-state index contributed by atoms with van der Waals surface area (Å²) in [6.45, 7) is 11.4. The molecule has 0 N–H and O–H groups in total. The molecular weight excluding hydrogens is 288 g/mol. The zero-order valence-corrected chi connectivity index (χ0v) is 16.1. The van der Waals surface area contributed by atoms with Crippen LogP contribution in [0.3, 0.4) is 0 Å². The molecule has 0 aromatic carbocycles. The molecule has 2 nitrogen and oxygen atoms in total. The van der Waals surface area contributed by atoms with E-state index in [4.69, 9.17) is 0 Å². The van der Waals surface area contributed by atoms with E-state index >= 15 is 0 Å². The van der Waals surface area contributed by atoms with Crippen LogP contribution in [-0.2, 0) is 10.8 Å². The van der Waals surface area contributed by atoms with Gasteiger partial charge in [-0.3, -0.25) is 0 Å². The van der Waals surface area contributed by atoms with Gasteiger partial charge < -0.3 is 0 Å². The van der Waals surface area contributed by atoms with Crippen molar-refractivity contribution >= 4 is 11.3 Å². The van der Waals surface area contributed by atoms with Gasteiger partial charge in [-0.05, 0) is 12.3 Å². The average molecular weight is 323 g/mol. The molecule has 0 unspecified atom stereocenters. The number of aromatic nitrogens is 2. The van der Waals surface area contributed by atoms with Crippen LogP contribution in [0.4, 0.5) is 0 Å². The van der Waals surface area contributed by atoms with Crippen molar-refractivity contribution in [1.29, 1.82) is 0 Å². The van der Waals surface area contributed by atoms with Crippen molar-refractivity contribution in [2.45, 2.75) is 103 Å². The first kappa shape index (κ1) is 17.9. The minimum atomic E-state index is 0.115. The van der Waals surface area contributed by atoms with Crippen LogP contribution in [0.25, 0.3) is 0 Å². The second kappa shape index (κ2) is 7.42. The van der Waals surface area contributed by atoms with Gasteiger partial charge in [0.15, 0.2) is 0 Å². The smallest absolute Gasteiger partial charge is 0.123 e. The fraction of sp³-hybridized carbons (Fsp3) is 0.895. The lowest BCUT2D eigenvalue weighted by atomic mass is 9.79. The van der Waals surface area contributed by atoms with Crippen LogP contribution in [0.5, 0.6) is 0 Å². The van der Waals surface area contributed by atoms with E-state index in [9.17, 15) is 0 Å². The molecule has 0 amide bonds. The largest absolute Gasteiger partial charge is 0.143 e. The highest BCUT2D eigenvalue weighted by atomic mass is 32.1. The Balaban J connectivity index is 2.03. The Hall–Kier alpha value is -0.440. The minimum absolute atomic E-state index is 0.115. The van der Waals surface area contributed by atoms with Crippen molar-refractivity contribution in [3.63, 3.8) is 0 Å². The van der Waals surface area contributed by atoms with E-state index in [2.05, 4.69) is 44.8 Å². The van der Waals surface area contributed by atoms with Crippen LogP contribution in [0.2, 0.25) is 0 Å². The van der Waals surface area contributed by atoms with Gasteiger partial charge in [-0.15, -0.1) is 21.5 Å². The number of hydrogen-bond donors (Lipinski definition) is 0. The summed E-state index contributed by atoms with van der Waals surface area (Å²) in [5.74, 6) is 0.870. The lowest BCUT2D eigenvalue weighted by Crippen LogP contribution is -2.22. The molecule has 0 atom stereocenters. The summed E-state index contributed by atoms with van der Waals surface area (Å²) in [6.07, 6.45) is 12.7. The molecular formula is C19H34N2S. The van der Waals surface area contributed by atoms with Crippen molar-refractivity contribution in [3.8, 4) is 0 Å². The molecule has 0 radical (unpaired) electrons. The molecule has 2 rings (SSSR count). The summed E-state index contributed by atoms with van der Waals surface area (Å²) in [4.78, 5) is 0. The van der Waals surface area contributed by atoms with E-state index in [1.165, 1.54) is 67.8 Å². The van der Waals surface area contributed by atoms with Gasteiger partial charge in [0, 0.05) is 10.8 Å². The molecule has 1 fully saturated rings. The van der Waals surface area contributed by atoms with Gasteiger partial charge in [-0.25, -0.2) is 0 Å². The summed E-state index contributed by atoms with van der Waals surface area (Å²) in [5.41, 5.74) is 0.282. The van der Waals surface area contributed by atoms with E-state index < -0.39 is 0 Å². The summed E-state index contributed by atoms with van der Waals surface area (Å²) in [6, 6.07) is 0. The van der Waals surface area contributed by atoms with Crippen LogP contribution in [-0.4, -0.2) is 10.2 Å². The van der Waals surface area contributed by atoms with Gasteiger partial charge in [0.25, 0.3) is 0 Å². The molecule has 0 spiro atoms. The molecule has 126 valence electrons. The normalized spacial score (nSPS) is 19.5. The zero-order valence-electron chi connectivity index (χ0n) is 15.2. The molecule has 0 saturated heterocycles. The van der Waals surface area contributed by atoms with E-state index in [0.29, 0.717) is 0 Å². The van der Waals surface area contributed by atoms with E-state index in [1.807, 2.05) is 11.3 Å². The Morgan fingerprint density at radius 1 is 0.818 bits per heavy atom. The lowest BCUT2D eigenvalue weighted by molar-refractivity contribution is 0.314. The second-order valence-electron chi connectivity index (χ2n) is 8.82. The van der Waals surface area contributed by atoms with E-state index in [-0.39, 0.29) is 10.8 Å². The molecule has 1 aromatic rings. The van der Waals surface area contributed by atoms with Crippen molar-refractivity contribution in [1.82, 2.24) is 10.2 Å². The van der Waals surface area contributed by atoms with Crippen molar-refractivity contribution in [2.24, 2.45) is 5.92 Å². The van der Waals surface area contributed by atoms with Gasteiger partial charge >= 0.3 is 0 Å². The van der Waals surface area contributed by atoms with Crippen molar-refractivity contribution < 1.29 is 0 Å². The molecule has 0 aliphatic heterocycles. The number of nitrogens with zero attached hydrogens (tertiary/aromatic N) is 2. The first-order valence-corrected chi connectivity index (χ1v) is 9.95. The first-order chi connectivity index (χ1) is 10.3. The van der Waals surface area contributed by atoms with Crippen LogP contribution in [0, 0.1) is 5.92 Å². The fourth-order valence-electron chi connectivity index (χ4n) is 3.53. The molecule has 1 saturated carbocycles. The SMILES string of the molecule is CC(C)(C)c1nnc(C(C)(C)CC2CCCCCCCC2)s1. The summed E-state index contributed by atoms with van der Waals surface area (Å²) in [7, 11) is 0. The van der Waals surface area contributed by atoms with Crippen LogP contribution < -0.4 is 0 Å². The quantitative estimate of drug-likeness (QED) is 0.657. The Morgan fingerprint density at radius 2 is 1.32 bits per heavy atom. The highest BCUT2D eigenvalue weighted by Gasteiger charge is 2.30.